The number of nitrogens with zero attached hydrogens (tertiary/aromatic N) is 1. The van der Waals surface area contributed by atoms with Crippen LogP contribution < -0.4 is 11.0 Å². The average Bonchev–Trinajstić information content (AvgIpc) is 2.39. The van der Waals surface area contributed by atoms with Gasteiger partial charge in [-0.15, -0.1) is 0 Å². The lowest BCUT2D eigenvalue weighted by Gasteiger charge is -2.33. The molecule has 1 unspecified atom stereocenters. The Bertz CT molecular complexity index is 260. The summed E-state index contributed by atoms with van der Waals surface area (Å²) in [7, 11) is 0. The first-order valence-corrected chi connectivity index (χ1v) is 6.46. The zero-order valence-corrected chi connectivity index (χ0v) is 9.90. The monoisotopic (exact) mass is 226 g/mol. The maximum absolute atomic E-state index is 12.2. The van der Waals surface area contributed by atoms with E-state index in [1.807, 2.05) is 4.90 Å². The standard InChI is InChI=1S/C12H23N3O/c13-11(10-4-2-1-3-5-10)12(16)15-8-6-14-7-9-15/h10-11,14H,1-9,13H2/i/hD. The van der Waals surface area contributed by atoms with Crippen LogP contribution in [0.15, 0.2) is 0 Å². The summed E-state index contributed by atoms with van der Waals surface area (Å²) in [6, 6.07) is -0.312. The fourth-order valence-electron chi connectivity index (χ4n) is 2.73. The topological polar surface area (TPSA) is 58.4 Å². The van der Waals surface area contributed by atoms with Gasteiger partial charge in [0.1, 0.15) is 1.41 Å². The lowest BCUT2D eigenvalue weighted by molar-refractivity contribution is -0.134. The van der Waals surface area contributed by atoms with Gasteiger partial charge in [0.05, 0.1) is 6.04 Å². The zero-order chi connectivity index (χ0) is 12.3. The van der Waals surface area contributed by atoms with E-state index in [4.69, 9.17) is 7.15 Å². The molecule has 1 aliphatic heterocycles. The molecule has 3 N–H and O–H groups in total. The van der Waals surface area contributed by atoms with Crippen molar-refractivity contribution in [2.45, 2.75) is 38.1 Å². The van der Waals surface area contributed by atoms with Crippen LogP contribution in [0.25, 0.3) is 0 Å². The van der Waals surface area contributed by atoms with Crippen LogP contribution in [0.4, 0.5) is 0 Å². The van der Waals surface area contributed by atoms with Crippen LogP contribution in [0.1, 0.15) is 32.1 Å². The SMILES string of the molecule is [2H]N1CCN(C(=O)C(N)C2CCCCC2)CC1. The van der Waals surface area contributed by atoms with Crippen LogP contribution in [0.5, 0.6) is 0 Å². The molecular formula is C12H23N3O. The maximum atomic E-state index is 12.2. The Morgan fingerprint density at radius 3 is 2.56 bits per heavy atom. The predicted octanol–water partition coefficient (Wildman–Crippen LogP) is 0.326. The van der Waals surface area contributed by atoms with Crippen LogP contribution in [0.3, 0.4) is 0 Å². The van der Waals surface area contributed by atoms with Crippen molar-refractivity contribution < 1.29 is 6.21 Å². The molecule has 92 valence electrons. The van der Waals surface area contributed by atoms with E-state index in [2.05, 4.69) is 0 Å². The highest BCUT2D eigenvalue weighted by atomic mass is 16.2. The fraction of sp³-hybridized carbons (Fsp3) is 0.917. The molecule has 4 heteroatoms. The first-order valence-electron chi connectivity index (χ1n) is 6.91. The van der Waals surface area contributed by atoms with Crippen LogP contribution in [-0.2, 0) is 4.79 Å². The van der Waals surface area contributed by atoms with Crippen LogP contribution in [0, 0.1) is 5.92 Å². The Kier molecular flexibility index (Phi) is 3.71. The van der Waals surface area contributed by atoms with Gasteiger partial charge in [0.25, 0.3) is 0 Å². The lowest BCUT2D eigenvalue weighted by Crippen LogP contribution is -2.54. The summed E-state index contributed by atoms with van der Waals surface area (Å²) in [4.78, 5) is 14.1. The molecule has 0 aromatic heterocycles. The van der Waals surface area contributed by atoms with Gasteiger partial charge in [0, 0.05) is 26.2 Å². The van der Waals surface area contributed by atoms with E-state index in [0.29, 0.717) is 32.1 Å². The number of carbonyl (C=O) groups excluding carboxylic acids is 1. The summed E-state index contributed by atoms with van der Waals surface area (Å²) in [5.41, 5.74) is 6.11. The fourth-order valence-corrected chi connectivity index (χ4v) is 2.73. The van der Waals surface area contributed by atoms with E-state index in [1.54, 1.807) is 0 Å². The van der Waals surface area contributed by atoms with Crippen molar-refractivity contribution in [3.05, 3.63) is 0 Å². The minimum atomic E-state index is -0.312. The number of piperazine rings is 1. The molecule has 0 aromatic carbocycles. The van der Waals surface area contributed by atoms with Crippen LogP contribution in [0.2, 0.25) is 1.41 Å². The van der Waals surface area contributed by atoms with Crippen molar-refractivity contribution in [3.8, 4) is 0 Å². The van der Waals surface area contributed by atoms with Gasteiger partial charge < -0.3 is 15.9 Å². The molecule has 1 heterocycles. The van der Waals surface area contributed by atoms with Gasteiger partial charge in [-0.2, -0.15) is 0 Å². The molecule has 2 rings (SSSR count). The lowest BCUT2D eigenvalue weighted by atomic mass is 9.83. The molecule has 2 fully saturated rings. The van der Waals surface area contributed by atoms with E-state index < -0.39 is 0 Å². The molecule has 0 radical (unpaired) electrons. The first-order chi connectivity index (χ1) is 8.18. The van der Waals surface area contributed by atoms with Crippen molar-refractivity contribution in [2.24, 2.45) is 11.7 Å². The number of hydrogen-bond acceptors (Lipinski definition) is 3. The minimum absolute atomic E-state index is 0.102. The molecule has 1 saturated heterocycles. The number of amides is 1. The number of hydrogen-bond donors (Lipinski definition) is 2. The van der Waals surface area contributed by atoms with Crippen molar-refractivity contribution in [1.29, 1.82) is 0 Å². The van der Waals surface area contributed by atoms with Gasteiger partial charge in [0.15, 0.2) is 0 Å². The summed E-state index contributed by atoms with van der Waals surface area (Å²) in [6.45, 7) is 2.60. The summed E-state index contributed by atoms with van der Waals surface area (Å²) in [5, 5.41) is 1.51. The molecule has 0 bridgehead atoms. The van der Waals surface area contributed by atoms with Gasteiger partial charge in [-0.25, -0.2) is 0 Å². The highest BCUT2D eigenvalue weighted by Crippen LogP contribution is 2.26. The molecule has 2 aliphatic rings. The van der Waals surface area contributed by atoms with Crippen molar-refractivity contribution in [1.82, 2.24) is 10.2 Å². The third-order valence-electron chi connectivity index (χ3n) is 3.81. The molecule has 1 saturated carbocycles. The molecule has 1 atom stereocenters. The summed E-state index contributed by atoms with van der Waals surface area (Å²) < 4.78 is 7.47. The van der Waals surface area contributed by atoms with E-state index in [-0.39, 0.29) is 11.9 Å². The molecule has 4 nitrogen and oxygen atoms in total. The minimum Gasteiger partial charge on any atom is -0.339 e. The van der Waals surface area contributed by atoms with Crippen LogP contribution >= 0.6 is 0 Å². The van der Waals surface area contributed by atoms with Gasteiger partial charge >= 0.3 is 0 Å². The van der Waals surface area contributed by atoms with Gasteiger partial charge in [-0.05, 0) is 18.8 Å². The second-order valence-corrected chi connectivity index (χ2v) is 4.92. The van der Waals surface area contributed by atoms with E-state index in [9.17, 15) is 4.79 Å². The number of nitrogens with one attached hydrogen (secondary N) is 1. The molecule has 1 amide bonds. The second kappa shape index (κ2) is 5.64. The van der Waals surface area contributed by atoms with E-state index in [1.165, 1.54) is 24.6 Å². The van der Waals surface area contributed by atoms with Gasteiger partial charge in [-0.1, -0.05) is 19.3 Å². The Hall–Kier alpha value is -0.610. The molecule has 0 spiro atoms. The molecule has 1 aliphatic carbocycles. The average molecular weight is 226 g/mol. The van der Waals surface area contributed by atoms with Crippen LogP contribution in [-0.4, -0.2) is 43.0 Å². The number of carbonyl (C=O) groups is 1. The second-order valence-electron chi connectivity index (χ2n) is 4.92. The van der Waals surface area contributed by atoms with Crippen molar-refractivity contribution in [3.63, 3.8) is 0 Å². The Morgan fingerprint density at radius 1 is 1.31 bits per heavy atom. The molecular weight excluding hydrogens is 202 g/mol. The first kappa shape index (κ1) is 10.5. The Balaban J connectivity index is 1.85. The highest BCUT2D eigenvalue weighted by molar-refractivity contribution is 5.82. The Morgan fingerprint density at radius 2 is 1.94 bits per heavy atom. The van der Waals surface area contributed by atoms with E-state index >= 15 is 0 Å². The number of rotatable bonds is 2. The molecule has 0 aromatic rings. The van der Waals surface area contributed by atoms with Gasteiger partial charge in [-0.3, -0.25) is 4.79 Å². The third kappa shape index (κ3) is 2.74. The quantitative estimate of drug-likeness (QED) is 0.713. The van der Waals surface area contributed by atoms with Crippen molar-refractivity contribution >= 4 is 5.91 Å². The van der Waals surface area contributed by atoms with Gasteiger partial charge in [0.2, 0.25) is 5.91 Å². The number of nitrogens with two attached hydrogens (primary N) is 1. The smallest absolute Gasteiger partial charge is 0.239 e. The summed E-state index contributed by atoms with van der Waals surface area (Å²) in [5.74, 6) is 0.482. The maximum Gasteiger partial charge on any atom is 0.239 e. The summed E-state index contributed by atoms with van der Waals surface area (Å²) in [6.07, 6.45) is 5.92. The molecule has 16 heavy (non-hydrogen) atoms. The predicted molar refractivity (Wildman–Crippen MR) is 64.0 cm³/mol. The normalized spacial score (nSPS) is 27.6. The Labute approximate surface area is 99.0 Å². The largest absolute Gasteiger partial charge is 0.339 e. The summed E-state index contributed by atoms with van der Waals surface area (Å²) >= 11 is 0. The zero-order valence-electron chi connectivity index (χ0n) is 10.9. The third-order valence-corrected chi connectivity index (χ3v) is 3.81. The van der Waals surface area contributed by atoms with E-state index in [0.717, 1.165) is 12.8 Å². The highest BCUT2D eigenvalue weighted by Gasteiger charge is 2.29. The van der Waals surface area contributed by atoms with Crippen molar-refractivity contribution in [2.75, 3.05) is 26.2 Å².